The van der Waals surface area contributed by atoms with Crippen molar-refractivity contribution in [2.45, 2.75) is 6.42 Å². The van der Waals surface area contributed by atoms with E-state index in [1.165, 1.54) is 17.0 Å². The molecule has 2 aromatic carbocycles. The lowest BCUT2D eigenvalue weighted by molar-refractivity contribution is -0.137. The molecule has 0 spiro atoms. The van der Waals surface area contributed by atoms with E-state index in [4.69, 9.17) is 9.47 Å². The van der Waals surface area contributed by atoms with E-state index in [0.29, 0.717) is 56.0 Å². The molecular formula is C25H28FN3O4. The summed E-state index contributed by atoms with van der Waals surface area (Å²) in [6.07, 6.45) is 0.555. The number of amides is 2. The van der Waals surface area contributed by atoms with Crippen LogP contribution in [0.3, 0.4) is 0 Å². The zero-order chi connectivity index (χ0) is 23.4. The number of methoxy groups -OCH3 is 2. The number of hydrogen-bond acceptors (Lipinski definition) is 6. The Bertz CT molecular complexity index is 1050. The number of piperazine rings is 1. The number of carbonyl (C=O) groups is 2. The standard InChI is InChI=1S/C25H28FN3O4/c1-32-17-5-12-29-24(30)22(18-8-10-19(26)11-9-18)23(25(29)31)28-15-13-27(14-16-28)20-6-3-4-7-21(20)33-2/h3-4,6-11H,5,12-17H2,1-2H3. The van der Waals surface area contributed by atoms with Crippen LogP contribution in [-0.4, -0.2) is 75.2 Å². The summed E-state index contributed by atoms with van der Waals surface area (Å²) in [7, 11) is 3.23. The molecule has 2 aliphatic heterocycles. The molecule has 174 valence electrons. The second-order valence-electron chi connectivity index (χ2n) is 7.98. The normalized spacial score (nSPS) is 16.8. The molecule has 0 aliphatic carbocycles. The minimum absolute atomic E-state index is 0.279. The summed E-state index contributed by atoms with van der Waals surface area (Å²) in [5, 5.41) is 0. The Morgan fingerprint density at radius 2 is 1.55 bits per heavy atom. The maximum absolute atomic E-state index is 13.5. The number of ether oxygens (including phenoxy) is 2. The highest BCUT2D eigenvalue weighted by atomic mass is 19.1. The van der Waals surface area contributed by atoms with Crippen LogP contribution in [0.25, 0.3) is 5.57 Å². The van der Waals surface area contributed by atoms with Crippen molar-refractivity contribution in [1.29, 1.82) is 0 Å². The van der Waals surface area contributed by atoms with Gasteiger partial charge in [0.1, 0.15) is 17.3 Å². The van der Waals surface area contributed by atoms with Gasteiger partial charge in [-0.3, -0.25) is 14.5 Å². The van der Waals surface area contributed by atoms with Crippen LogP contribution in [0.4, 0.5) is 10.1 Å². The molecule has 8 heteroatoms. The predicted octanol–water partition coefficient (Wildman–Crippen LogP) is 2.77. The summed E-state index contributed by atoms with van der Waals surface area (Å²) in [6, 6.07) is 13.6. The Morgan fingerprint density at radius 3 is 2.21 bits per heavy atom. The van der Waals surface area contributed by atoms with Gasteiger partial charge in [0, 0.05) is 46.4 Å². The highest BCUT2D eigenvalue weighted by Crippen LogP contribution is 2.34. The number of imide groups is 1. The van der Waals surface area contributed by atoms with Crippen LogP contribution in [0.15, 0.2) is 54.2 Å². The minimum Gasteiger partial charge on any atom is -0.495 e. The van der Waals surface area contributed by atoms with E-state index in [0.717, 1.165) is 11.4 Å². The van der Waals surface area contributed by atoms with Crippen molar-refractivity contribution in [3.63, 3.8) is 0 Å². The van der Waals surface area contributed by atoms with Crippen LogP contribution in [0, 0.1) is 5.82 Å². The zero-order valence-electron chi connectivity index (χ0n) is 18.9. The Labute approximate surface area is 193 Å². The average Bonchev–Trinajstić information content (AvgIpc) is 3.09. The first kappa shape index (κ1) is 22.8. The molecule has 0 bridgehead atoms. The van der Waals surface area contributed by atoms with E-state index < -0.39 is 0 Å². The third-order valence-electron chi connectivity index (χ3n) is 6.03. The number of carbonyl (C=O) groups excluding carboxylic acids is 2. The number of benzene rings is 2. The number of para-hydroxylation sites is 2. The van der Waals surface area contributed by atoms with E-state index in [9.17, 15) is 14.0 Å². The highest BCUT2D eigenvalue weighted by Gasteiger charge is 2.42. The maximum atomic E-state index is 13.5. The van der Waals surface area contributed by atoms with Crippen LogP contribution in [0.1, 0.15) is 12.0 Å². The van der Waals surface area contributed by atoms with Gasteiger partial charge >= 0.3 is 0 Å². The SMILES string of the molecule is COCCCN1C(=O)C(c2ccc(F)cc2)=C(N2CCN(c3ccccc3OC)CC2)C1=O. The smallest absolute Gasteiger partial charge is 0.277 e. The molecule has 0 unspecified atom stereocenters. The second-order valence-corrected chi connectivity index (χ2v) is 7.98. The number of rotatable bonds is 8. The molecular weight excluding hydrogens is 425 g/mol. The van der Waals surface area contributed by atoms with E-state index in [-0.39, 0.29) is 24.2 Å². The van der Waals surface area contributed by atoms with Gasteiger partial charge in [0.15, 0.2) is 0 Å². The summed E-state index contributed by atoms with van der Waals surface area (Å²) in [5.41, 5.74) is 2.28. The van der Waals surface area contributed by atoms with Crippen molar-refractivity contribution in [3.8, 4) is 5.75 Å². The summed E-state index contributed by atoms with van der Waals surface area (Å²) in [4.78, 5) is 32.1. The molecule has 0 atom stereocenters. The second kappa shape index (κ2) is 10.0. The van der Waals surface area contributed by atoms with Gasteiger partial charge in [0.2, 0.25) is 0 Å². The lowest BCUT2D eigenvalue weighted by atomic mass is 10.0. The number of anilines is 1. The number of hydrogen-bond donors (Lipinski definition) is 0. The van der Waals surface area contributed by atoms with E-state index in [1.54, 1.807) is 26.4 Å². The van der Waals surface area contributed by atoms with Crippen LogP contribution < -0.4 is 9.64 Å². The van der Waals surface area contributed by atoms with E-state index in [2.05, 4.69) is 4.90 Å². The topological polar surface area (TPSA) is 62.3 Å². The summed E-state index contributed by atoms with van der Waals surface area (Å²) >= 11 is 0. The maximum Gasteiger partial charge on any atom is 0.277 e. The molecule has 33 heavy (non-hydrogen) atoms. The summed E-state index contributed by atoms with van der Waals surface area (Å²) in [5.74, 6) is -0.236. The summed E-state index contributed by atoms with van der Waals surface area (Å²) < 4.78 is 24.1. The third kappa shape index (κ3) is 4.57. The number of nitrogens with zero attached hydrogens (tertiary/aromatic N) is 3. The van der Waals surface area contributed by atoms with Crippen LogP contribution >= 0.6 is 0 Å². The van der Waals surface area contributed by atoms with Gasteiger partial charge in [0.25, 0.3) is 11.8 Å². The van der Waals surface area contributed by atoms with Gasteiger partial charge in [-0.1, -0.05) is 24.3 Å². The third-order valence-corrected chi connectivity index (χ3v) is 6.03. The molecule has 0 N–H and O–H groups in total. The van der Waals surface area contributed by atoms with E-state index >= 15 is 0 Å². The fourth-order valence-electron chi connectivity index (χ4n) is 4.37. The van der Waals surface area contributed by atoms with Gasteiger partial charge in [-0.25, -0.2) is 4.39 Å². The lowest BCUT2D eigenvalue weighted by Gasteiger charge is -2.38. The van der Waals surface area contributed by atoms with Crippen molar-refractivity contribution in [2.75, 3.05) is 58.5 Å². The Balaban J connectivity index is 1.60. The lowest BCUT2D eigenvalue weighted by Crippen LogP contribution is -2.47. The van der Waals surface area contributed by atoms with Gasteiger partial charge < -0.3 is 19.3 Å². The molecule has 1 fully saturated rings. The van der Waals surface area contributed by atoms with Crippen molar-refractivity contribution < 1.29 is 23.5 Å². The van der Waals surface area contributed by atoms with Gasteiger partial charge in [-0.15, -0.1) is 0 Å². The molecule has 0 aromatic heterocycles. The Kier molecular flexibility index (Phi) is 6.93. The molecule has 2 heterocycles. The molecule has 2 aromatic rings. The monoisotopic (exact) mass is 453 g/mol. The molecule has 0 radical (unpaired) electrons. The minimum atomic E-state index is -0.389. The Hall–Kier alpha value is -3.39. The first-order valence-electron chi connectivity index (χ1n) is 11.0. The fourth-order valence-corrected chi connectivity index (χ4v) is 4.37. The van der Waals surface area contributed by atoms with Crippen molar-refractivity contribution >= 4 is 23.1 Å². The van der Waals surface area contributed by atoms with Crippen molar-refractivity contribution in [2.24, 2.45) is 0 Å². The summed E-state index contributed by atoms with van der Waals surface area (Å²) in [6.45, 7) is 3.22. The van der Waals surface area contributed by atoms with Gasteiger partial charge in [0.05, 0.1) is 18.4 Å². The van der Waals surface area contributed by atoms with Gasteiger partial charge in [-0.2, -0.15) is 0 Å². The van der Waals surface area contributed by atoms with E-state index in [1.807, 2.05) is 29.2 Å². The quantitative estimate of drug-likeness (QED) is 0.453. The fraction of sp³-hybridized carbons (Fsp3) is 0.360. The first-order valence-corrected chi connectivity index (χ1v) is 11.0. The predicted molar refractivity (Wildman–Crippen MR) is 123 cm³/mol. The molecule has 7 nitrogen and oxygen atoms in total. The molecule has 2 amide bonds. The van der Waals surface area contributed by atoms with Crippen LogP contribution in [0.2, 0.25) is 0 Å². The highest BCUT2D eigenvalue weighted by molar-refractivity contribution is 6.35. The first-order chi connectivity index (χ1) is 16.0. The van der Waals surface area contributed by atoms with Gasteiger partial charge in [-0.05, 0) is 36.2 Å². The average molecular weight is 454 g/mol. The molecule has 1 saturated heterocycles. The van der Waals surface area contributed by atoms with Crippen molar-refractivity contribution in [3.05, 3.63) is 65.6 Å². The molecule has 0 saturated carbocycles. The molecule has 2 aliphatic rings. The molecule has 4 rings (SSSR count). The van der Waals surface area contributed by atoms with Crippen LogP contribution in [0.5, 0.6) is 5.75 Å². The largest absolute Gasteiger partial charge is 0.495 e. The van der Waals surface area contributed by atoms with Crippen molar-refractivity contribution in [1.82, 2.24) is 9.80 Å². The van der Waals surface area contributed by atoms with Crippen LogP contribution in [-0.2, 0) is 14.3 Å². The zero-order valence-corrected chi connectivity index (χ0v) is 18.9. The number of halogens is 1. The Morgan fingerprint density at radius 1 is 0.879 bits per heavy atom.